The lowest BCUT2D eigenvalue weighted by molar-refractivity contribution is -0.146. The number of carbonyl (C=O) groups is 3. The molecule has 0 fully saturated rings. The molecule has 2 aromatic rings. The van der Waals surface area contributed by atoms with Crippen molar-refractivity contribution in [3.63, 3.8) is 0 Å². The number of aliphatic carboxylic acids is 1. The minimum atomic E-state index is -1.10. The Hall–Kier alpha value is -3.61. The fourth-order valence-electron chi connectivity index (χ4n) is 4.24. The topological polar surface area (TPSA) is 95.9 Å². The van der Waals surface area contributed by atoms with Crippen LogP contribution in [-0.2, 0) is 14.3 Å². The third kappa shape index (κ3) is 5.61. The Morgan fingerprint density at radius 2 is 1.67 bits per heavy atom. The van der Waals surface area contributed by atoms with Crippen molar-refractivity contribution in [1.82, 2.24) is 10.2 Å². The van der Waals surface area contributed by atoms with E-state index in [1.165, 1.54) is 11.0 Å². The molecule has 1 aliphatic carbocycles. The number of nitrogens with zero attached hydrogens (tertiary/aromatic N) is 1. The van der Waals surface area contributed by atoms with Gasteiger partial charge in [-0.15, -0.1) is 6.58 Å². The standard InChI is InChI=1S/C26H30N2O5/c1-4-13-28(15-24(29)30)25(31)22(17(2)3)14-27-26(32)33-16-23-20-11-7-5-9-18(20)19-10-6-8-12-21(19)23/h4-12,17,22-23H,1,13-16H2,2-3H3,(H,27,32)(H,29,30). The van der Waals surface area contributed by atoms with Gasteiger partial charge in [0.05, 0.1) is 5.92 Å². The van der Waals surface area contributed by atoms with Gasteiger partial charge in [0, 0.05) is 19.0 Å². The van der Waals surface area contributed by atoms with Crippen LogP contribution in [0.25, 0.3) is 11.1 Å². The Morgan fingerprint density at radius 3 is 2.18 bits per heavy atom. The molecule has 174 valence electrons. The fourth-order valence-corrected chi connectivity index (χ4v) is 4.24. The zero-order valence-electron chi connectivity index (χ0n) is 19.0. The molecule has 0 spiro atoms. The van der Waals surface area contributed by atoms with Gasteiger partial charge < -0.3 is 20.1 Å². The minimum absolute atomic E-state index is 0.0515. The smallest absolute Gasteiger partial charge is 0.407 e. The summed E-state index contributed by atoms with van der Waals surface area (Å²) in [5.74, 6) is -2.18. The zero-order valence-corrected chi connectivity index (χ0v) is 19.0. The molecular formula is C26H30N2O5. The van der Waals surface area contributed by atoms with Gasteiger partial charge in [0.25, 0.3) is 0 Å². The number of hydrogen-bond acceptors (Lipinski definition) is 4. The number of carboxylic acids is 1. The summed E-state index contributed by atoms with van der Waals surface area (Å²) < 4.78 is 5.54. The summed E-state index contributed by atoms with van der Waals surface area (Å²) in [7, 11) is 0. The number of nitrogens with one attached hydrogen (secondary N) is 1. The maximum atomic E-state index is 12.9. The van der Waals surface area contributed by atoms with Crippen molar-refractivity contribution in [3.05, 3.63) is 72.3 Å². The first-order valence-electron chi connectivity index (χ1n) is 11.0. The van der Waals surface area contributed by atoms with Crippen LogP contribution in [0.5, 0.6) is 0 Å². The first-order valence-corrected chi connectivity index (χ1v) is 11.0. The van der Waals surface area contributed by atoms with Gasteiger partial charge in [-0.05, 0) is 28.2 Å². The van der Waals surface area contributed by atoms with Crippen LogP contribution in [0.3, 0.4) is 0 Å². The van der Waals surface area contributed by atoms with Crippen LogP contribution in [0.4, 0.5) is 4.79 Å². The molecule has 0 radical (unpaired) electrons. The lowest BCUT2D eigenvalue weighted by atomic mass is 9.94. The van der Waals surface area contributed by atoms with Crippen LogP contribution >= 0.6 is 0 Å². The number of amides is 2. The minimum Gasteiger partial charge on any atom is -0.480 e. The monoisotopic (exact) mass is 450 g/mol. The second-order valence-electron chi connectivity index (χ2n) is 8.46. The number of carboxylic acid groups (broad SMARTS) is 1. The Labute approximate surface area is 194 Å². The fraction of sp³-hybridized carbons (Fsp3) is 0.346. The van der Waals surface area contributed by atoms with E-state index in [0.29, 0.717) is 0 Å². The van der Waals surface area contributed by atoms with Crippen molar-refractivity contribution in [2.75, 3.05) is 26.2 Å². The van der Waals surface area contributed by atoms with E-state index in [1.54, 1.807) is 0 Å². The molecule has 0 aromatic heterocycles. The SMILES string of the molecule is C=CCN(CC(=O)O)C(=O)C(CNC(=O)OCC1c2ccccc2-c2ccccc21)C(C)C. The first kappa shape index (κ1) is 24.0. The number of benzene rings is 2. The lowest BCUT2D eigenvalue weighted by Crippen LogP contribution is -2.45. The number of hydrogen-bond donors (Lipinski definition) is 2. The van der Waals surface area contributed by atoms with E-state index in [9.17, 15) is 14.4 Å². The number of fused-ring (bicyclic) bond motifs is 3. The normalized spacial score (nSPS) is 13.1. The molecule has 3 rings (SSSR count). The Morgan fingerprint density at radius 1 is 1.09 bits per heavy atom. The van der Waals surface area contributed by atoms with Gasteiger partial charge >= 0.3 is 12.1 Å². The Kier molecular flexibility index (Phi) is 7.87. The molecule has 1 atom stereocenters. The highest BCUT2D eigenvalue weighted by Crippen LogP contribution is 2.44. The summed E-state index contributed by atoms with van der Waals surface area (Å²) in [6, 6.07) is 16.2. The number of carbonyl (C=O) groups excluding carboxylic acids is 2. The molecule has 0 bridgehead atoms. The van der Waals surface area contributed by atoms with E-state index in [-0.39, 0.29) is 37.4 Å². The van der Waals surface area contributed by atoms with Crippen molar-refractivity contribution in [3.8, 4) is 11.1 Å². The van der Waals surface area contributed by atoms with Gasteiger partial charge in [-0.2, -0.15) is 0 Å². The zero-order chi connectivity index (χ0) is 24.0. The van der Waals surface area contributed by atoms with E-state index in [0.717, 1.165) is 22.3 Å². The summed E-state index contributed by atoms with van der Waals surface area (Å²) in [4.78, 5) is 37.7. The van der Waals surface area contributed by atoms with Gasteiger partial charge in [0.15, 0.2) is 0 Å². The highest BCUT2D eigenvalue weighted by molar-refractivity contribution is 5.84. The third-order valence-electron chi connectivity index (χ3n) is 5.92. The second kappa shape index (κ2) is 10.8. The van der Waals surface area contributed by atoms with Crippen LogP contribution in [0.1, 0.15) is 30.9 Å². The molecule has 0 aliphatic heterocycles. The molecule has 2 amide bonds. The molecule has 7 nitrogen and oxygen atoms in total. The average Bonchev–Trinajstić information content (AvgIpc) is 3.10. The molecule has 33 heavy (non-hydrogen) atoms. The highest BCUT2D eigenvalue weighted by Gasteiger charge is 2.30. The van der Waals surface area contributed by atoms with E-state index in [1.807, 2.05) is 50.2 Å². The van der Waals surface area contributed by atoms with E-state index in [4.69, 9.17) is 9.84 Å². The van der Waals surface area contributed by atoms with Crippen LogP contribution < -0.4 is 5.32 Å². The van der Waals surface area contributed by atoms with Crippen LogP contribution in [-0.4, -0.2) is 54.2 Å². The van der Waals surface area contributed by atoms with Gasteiger partial charge in [0.1, 0.15) is 13.2 Å². The summed E-state index contributed by atoms with van der Waals surface area (Å²) in [6.45, 7) is 7.24. The van der Waals surface area contributed by atoms with Crippen LogP contribution in [0.15, 0.2) is 61.2 Å². The molecule has 0 saturated carbocycles. The van der Waals surface area contributed by atoms with E-state index in [2.05, 4.69) is 24.0 Å². The van der Waals surface area contributed by atoms with Crippen molar-refractivity contribution >= 4 is 18.0 Å². The number of alkyl carbamates (subject to hydrolysis) is 1. The quantitative estimate of drug-likeness (QED) is 0.536. The van der Waals surface area contributed by atoms with Crippen LogP contribution in [0.2, 0.25) is 0 Å². The molecule has 1 aliphatic rings. The van der Waals surface area contributed by atoms with Crippen LogP contribution in [0, 0.1) is 11.8 Å². The largest absolute Gasteiger partial charge is 0.480 e. The molecule has 1 unspecified atom stereocenters. The highest BCUT2D eigenvalue weighted by atomic mass is 16.5. The van der Waals surface area contributed by atoms with Gasteiger partial charge in [-0.25, -0.2) is 4.79 Å². The predicted octanol–water partition coefficient (Wildman–Crippen LogP) is 3.90. The van der Waals surface area contributed by atoms with E-state index < -0.39 is 24.5 Å². The third-order valence-corrected chi connectivity index (χ3v) is 5.92. The molecule has 0 heterocycles. The molecule has 0 saturated heterocycles. The van der Waals surface area contributed by atoms with Gasteiger partial charge in [-0.1, -0.05) is 68.5 Å². The maximum absolute atomic E-state index is 12.9. The Bertz CT molecular complexity index is 987. The average molecular weight is 451 g/mol. The molecule has 2 N–H and O–H groups in total. The maximum Gasteiger partial charge on any atom is 0.407 e. The first-order chi connectivity index (χ1) is 15.8. The Balaban J connectivity index is 1.62. The summed E-state index contributed by atoms with van der Waals surface area (Å²) in [6.07, 6.45) is 0.876. The molecule has 2 aromatic carbocycles. The van der Waals surface area contributed by atoms with Crippen molar-refractivity contribution < 1.29 is 24.2 Å². The van der Waals surface area contributed by atoms with Crippen molar-refractivity contribution in [2.24, 2.45) is 11.8 Å². The number of rotatable bonds is 10. The molecule has 7 heteroatoms. The summed E-state index contributed by atoms with van der Waals surface area (Å²) in [5, 5.41) is 11.8. The van der Waals surface area contributed by atoms with Crippen molar-refractivity contribution in [2.45, 2.75) is 19.8 Å². The second-order valence-corrected chi connectivity index (χ2v) is 8.46. The summed E-state index contributed by atoms with van der Waals surface area (Å²) >= 11 is 0. The van der Waals surface area contributed by atoms with E-state index >= 15 is 0 Å². The predicted molar refractivity (Wildman–Crippen MR) is 126 cm³/mol. The van der Waals surface area contributed by atoms with Crippen molar-refractivity contribution in [1.29, 1.82) is 0 Å². The van der Waals surface area contributed by atoms with Gasteiger partial charge in [0.2, 0.25) is 5.91 Å². The van der Waals surface area contributed by atoms with Gasteiger partial charge in [-0.3, -0.25) is 9.59 Å². The molecular weight excluding hydrogens is 420 g/mol. The lowest BCUT2D eigenvalue weighted by Gasteiger charge is -2.27. The summed E-state index contributed by atoms with van der Waals surface area (Å²) in [5.41, 5.74) is 4.53. The number of ether oxygens (including phenoxy) is 1.